The summed E-state index contributed by atoms with van der Waals surface area (Å²) >= 11 is 0. The zero-order valence-corrected chi connectivity index (χ0v) is 15.7. The molecule has 1 fully saturated rings. The van der Waals surface area contributed by atoms with Crippen LogP contribution in [0, 0.1) is 13.8 Å². The van der Waals surface area contributed by atoms with Crippen LogP contribution in [0.3, 0.4) is 0 Å². The first kappa shape index (κ1) is 20.6. The van der Waals surface area contributed by atoms with E-state index >= 15 is 0 Å². The molecule has 0 aliphatic carbocycles. The smallest absolute Gasteiger partial charge is 0.412 e. The number of alkyl halides is 5. The Morgan fingerprint density at radius 3 is 2.64 bits per heavy atom. The average Bonchev–Trinajstić information content (AvgIpc) is 2.59. The Hall–Kier alpha value is -2.09. The van der Waals surface area contributed by atoms with Gasteiger partial charge >= 0.3 is 6.18 Å². The molecule has 1 aromatic rings. The lowest BCUT2D eigenvalue weighted by Gasteiger charge is -2.45. The van der Waals surface area contributed by atoms with Crippen LogP contribution in [0.25, 0.3) is 0 Å². The van der Waals surface area contributed by atoms with Gasteiger partial charge in [0.25, 0.3) is 5.92 Å². The summed E-state index contributed by atoms with van der Waals surface area (Å²) in [5.41, 5.74) is 1.72. The summed E-state index contributed by atoms with van der Waals surface area (Å²) in [5, 5.41) is 2.54. The second-order valence-corrected chi connectivity index (χ2v) is 7.27. The molecule has 2 unspecified atom stereocenters. The summed E-state index contributed by atoms with van der Waals surface area (Å²) in [4.78, 5) is 0.752. The Bertz CT molecular complexity index is 772. The quantitative estimate of drug-likeness (QED) is 0.758. The molecule has 28 heavy (non-hydrogen) atoms. The van der Waals surface area contributed by atoms with Crippen molar-refractivity contribution >= 4 is 0 Å². The summed E-state index contributed by atoms with van der Waals surface area (Å²) in [6, 6.07) is 1.71. The molecule has 3 nitrogen and oxygen atoms in total. The standard InChI is InChI=1S/C20H23F5N2O/c1-13-5-6-16(14(2)10-13)28-11-15-4-3-9-27(18(15)20(23,24)25)17-7-8-26-12-19(17,21)22/h3-6,9-10,17-18,26H,7-8,11-12H2,1-2H3. The molecule has 1 saturated heterocycles. The molecule has 0 aromatic heterocycles. The Morgan fingerprint density at radius 2 is 2.00 bits per heavy atom. The van der Waals surface area contributed by atoms with Crippen molar-refractivity contribution in [1.29, 1.82) is 0 Å². The number of aryl methyl sites for hydroxylation is 2. The lowest BCUT2D eigenvalue weighted by atomic mass is 9.94. The maximum atomic E-state index is 14.3. The van der Waals surface area contributed by atoms with E-state index in [0.29, 0.717) is 5.75 Å². The van der Waals surface area contributed by atoms with Crippen molar-refractivity contribution in [3.8, 4) is 5.75 Å². The van der Waals surface area contributed by atoms with E-state index < -0.39 is 30.7 Å². The summed E-state index contributed by atoms with van der Waals surface area (Å²) in [6.07, 6.45) is -0.987. The third kappa shape index (κ3) is 4.32. The van der Waals surface area contributed by atoms with Gasteiger partial charge in [-0.3, -0.25) is 0 Å². The van der Waals surface area contributed by atoms with Gasteiger partial charge < -0.3 is 15.0 Å². The minimum atomic E-state index is -4.71. The highest BCUT2D eigenvalue weighted by atomic mass is 19.4. The highest BCUT2D eigenvalue weighted by Crippen LogP contribution is 2.39. The monoisotopic (exact) mass is 402 g/mol. The maximum Gasteiger partial charge on any atom is 0.412 e. The molecule has 1 N–H and O–H groups in total. The van der Waals surface area contributed by atoms with Crippen LogP contribution in [0.2, 0.25) is 0 Å². The van der Waals surface area contributed by atoms with Crippen molar-refractivity contribution < 1.29 is 26.7 Å². The molecule has 2 heterocycles. The number of hydrogen-bond donors (Lipinski definition) is 1. The Kier molecular flexibility index (Phi) is 5.70. The Labute approximate surface area is 160 Å². The van der Waals surface area contributed by atoms with Crippen molar-refractivity contribution in [1.82, 2.24) is 10.2 Å². The third-order valence-corrected chi connectivity index (χ3v) is 5.06. The molecule has 1 aromatic carbocycles. The number of piperidine rings is 1. The van der Waals surface area contributed by atoms with Crippen molar-refractivity contribution in [3.63, 3.8) is 0 Å². The average molecular weight is 402 g/mol. The van der Waals surface area contributed by atoms with E-state index in [1.54, 1.807) is 19.1 Å². The molecule has 0 bridgehead atoms. The number of ether oxygens (including phenoxy) is 1. The molecule has 0 saturated carbocycles. The van der Waals surface area contributed by atoms with Gasteiger partial charge in [0.2, 0.25) is 0 Å². The number of allylic oxidation sites excluding steroid dienone is 2. The van der Waals surface area contributed by atoms with Gasteiger partial charge in [-0.25, -0.2) is 8.78 Å². The Balaban J connectivity index is 1.84. The lowest BCUT2D eigenvalue weighted by Crippen LogP contribution is -2.61. The molecule has 2 aliphatic heterocycles. The van der Waals surface area contributed by atoms with Gasteiger partial charge in [-0.2, -0.15) is 13.2 Å². The summed E-state index contributed by atoms with van der Waals surface area (Å²) < 4.78 is 75.9. The molecule has 3 rings (SSSR count). The first-order valence-corrected chi connectivity index (χ1v) is 9.09. The van der Waals surface area contributed by atoms with Crippen LogP contribution >= 0.6 is 0 Å². The van der Waals surface area contributed by atoms with Crippen LogP contribution in [0.15, 0.2) is 42.1 Å². The first-order chi connectivity index (χ1) is 13.1. The number of nitrogens with zero attached hydrogens (tertiary/aromatic N) is 1. The largest absolute Gasteiger partial charge is 0.489 e. The van der Waals surface area contributed by atoms with Crippen molar-refractivity contribution in [2.24, 2.45) is 0 Å². The highest BCUT2D eigenvalue weighted by Gasteiger charge is 2.53. The van der Waals surface area contributed by atoms with Crippen LogP contribution < -0.4 is 10.1 Å². The second-order valence-electron chi connectivity index (χ2n) is 7.27. The number of nitrogens with one attached hydrogen (secondary N) is 1. The lowest BCUT2D eigenvalue weighted by molar-refractivity contribution is -0.190. The number of rotatable bonds is 4. The molecule has 0 radical (unpaired) electrons. The number of hydrogen-bond acceptors (Lipinski definition) is 3. The zero-order chi connectivity index (χ0) is 20.5. The fourth-order valence-corrected chi connectivity index (χ4v) is 3.74. The minimum absolute atomic E-state index is 0.0743. The molecular weight excluding hydrogens is 379 g/mol. The minimum Gasteiger partial charge on any atom is -0.489 e. The molecule has 0 spiro atoms. The van der Waals surface area contributed by atoms with Crippen LogP contribution in [0.4, 0.5) is 22.0 Å². The van der Waals surface area contributed by atoms with Crippen LogP contribution in [-0.2, 0) is 0 Å². The number of benzene rings is 1. The topological polar surface area (TPSA) is 24.5 Å². The summed E-state index contributed by atoms with van der Waals surface area (Å²) in [5.74, 6) is -2.79. The predicted octanol–water partition coefficient (Wildman–Crippen LogP) is 4.37. The zero-order valence-electron chi connectivity index (χ0n) is 15.7. The number of halogens is 5. The van der Waals surface area contributed by atoms with Gasteiger partial charge in [0.05, 0.1) is 12.6 Å². The van der Waals surface area contributed by atoms with Crippen molar-refractivity contribution in [2.75, 3.05) is 19.7 Å². The van der Waals surface area contributed by atoms with Crippen LogP contribution in [0.5, 0.6) is 5.75 Å². The normalized spacial score (nSPS) is 24.8. The van der Waals surface area contributed by atoms with E-state index in [0.717, 1.165) is 22.2 Å². The molecular formula is C20H23F5N2O. The fraction of sp³-hybridized carbons (Fsp3) is 0.500. The van der Waals surface area contributed by atoms with E-state index in [4.69, 9.17) is 4.74 Å². The van der Waals surface area contributed by atoms with Crippen molar-refractivity contribution in [3.05, 3.63) is 53.3 Å². The third-order valence-electron chi connectivity index (χ3n) is 5.06. The van der Waals surface area contributed by atoms with E-state index in [-0.39, 0.29) is 25.1 Å². The van der Waals surface area contributed by atoms with E-state index in [9.17, 15) is 22.0 Å². The molecule has 0 amide bonds. The van der Waals surface area contributed by atoms with Gasteiger partial charge in [0.1, 0.15) is 12.4 Å². The fourth-order valence-electron chi connectivity index (χ4n) is 3.74. The maximum absolute atomic E-state index is 14.3. The SMILES string of the molecule is Cc1ccc(OCC2=CC=CN(C3CCNCC3(F)F)C2C(F)(F)F)c(C)c1. The van der Waals surface area contributed by atoms with E-state index in [2.05, 4.69) is 5.32 Å². The first-order valence-electron chi connectivity index (χ1n) is 9.09. The molecule has 154 valence electrons. The molecule has 2 aliphatic rings. The Morgan fingerprint density at radius 1 is 1.25 bits per heavy atom. The highest BCUT2D eigenvalue weighted by molar-refractivity contribution is 5.36. The summed E-state index contributed by atoms with van der Waals surface area (Å²) in [6.45, 7) is 2.99. The van der Waals surface area contributed by atoms with Crippen LogP contribution in [-0.4, -0.2) is 48.8 Å². The van der Waals surface area contributed by atoms with Gasteiger partial charge in [-0.05, 0) is 50.1 Å². The summed E-state index contributed by atoms with van der Waals surface area (Å²) in [7, 11) is 0. The second kappa shape index (κ2) is 7.73. The van der Waals surface area contributed by atoms with Gasteiger partial charge in [-0.15, -0.1) is 0 Å². The van der Waals surface area contributed by atoms with Crippen molar-refractivity contribution in [2.45, 2.75) is 44.5 Å². The van der Waals surface area contributed by atoms with Gasteiger partial charge in [0.15, 0.2) is 6.04 Å². The van der Waals surface area contributed by atoms with E-state index in [1.807, 2.05) is 13.0 Å². The predicted molar refractivity (Wildman–Crippen MR) is 96.5 cm³/mol. The van der Waals surface area contributed by atoms with Gasteiger partial charge in [-0.1, -0.05) is 23.8 Å². The molecule has 8 heteroatoms. The van der Waals surface area contributed by atoms with E-state index in [1.165, 1.54) is 12.2 Å². The van der Waals surface area contributed by atoms with Gasteiger partial charge in [0, 0.05) is 6.20 Å². The molecule has 2 atom stereocenters. The van der Waals surface area contributed by atoms with Crippen LogP contribution in [0.1, 0.15) is 17.5 Å².